The van der Waals surface area contributed by atoms with Crippen LogP contribution in [0.4, 0.5) is 0 Å². The van der Waals surface area contributed by atoms with Crippen LogP contribution in [0.3, 0.4) is 0 Å². The Kier molecular flexibility index (Phi) is 3.36. The van der Waals surface area contributed by atoms with Crippen molar-refractivity contribution in [1.29, 1.82) is 0 Å². The first kappa shape index (κ1) is 10.4. The lowest BCUT2D eigenvalue weighted by Crippen LogP contribution is -2.05. The second-order valence-electron chi connectivity index (χ2n) is 2.33. The summed E-state index contributed by atoms with van der Waals surface area (Å²) in [6.07, 6.45) is 0.514. The van der Waals surface area contributed by atoms with Crippen LogP contribution in [0.1, 0.15) is 20.7 Å². The largest absolute Gasteiger partial charge is 0.392 e. The molecule has 0 aliphatic rings. The van der Waals surface area contributed by atoms with Crippen molar-refractivity contribution in [2.24, 2.45) is 0 Å². The lowest BCUT2D eigenvalue weighted by Gasteiger charge is -2.01. The van der Waals surface area contributed by atoms with E-state index >= 15 is 0 Å². The van der Waals surface area contributed by atoms with Crippen molar-refractivity contribution in [2.75, 3.05) is 0 Å². The predicted molar refractivity (Wildman–Crippen MR) is 48.3 cm³/mol. The van der Waals surface area contributed by atoms with Crippen LogP contribution in [0.15, 0.2) is 18.2 Å². The van der Waals surface area contributed by atoms with E-state index in [-0.39, 0.29) is 22.6 Å². The average molecular weight is 213 g/mol. The van der Waals surface area contributed by atoms with Crippen molar-refractivity contribution in [2.45, 2.75) is 0 Å². The topological polar surface area (TPSA) is 60.4 Å². The van der Waals surface area contributed by atoms with E-state index in [9.17, 15) is 14.4 Å². The number of aldehydes is 1. The van der Waals surface area contributed by atoms with Crippen molar-refractivity contribution >= 4 is 30.3 Å². The van der Waals surface area contributed by atoms with Gasteiger partial charge in [0.15, 0.2) is 6.29 Å². The van der Waals surface area contributed by atoms with Crippen molar-refractivity contribution in [3.05, 3.63) is 34.3 Å². The molecule has 0 spiro atoms. The molecule has 0 bridgehead atoms. The first-order chi connectivity index (χ1) is 6.70. The Labute approximate surface area is 84.4 Å². The van der Waals surface area contributed by atoms with Crippen LogP contribution in [0.25, 0.3) is 0 Å². The van der Waals surface area contributed by atoms with E-state index in [1.54, 1.807) is 0 Å². The number of hydrogen-bond acceptors (Lipinski definition) is 4. The van der Waals surface area contributed by atoms with Gasteiger partial charge in [0.05, 0.1) is 10.6 Å². The zero-order chi connectivity index (χ0) is 10.6. The normalized spacial score (nSPS) is 9.21. The van der Waals surface area contributed by atoms with E-state index < -0.39 is 5.97 Å². The number of ether oxygens (including phenoxy) is 1. The van der Waals surface area contributed by atoms with Gasteiger partial charge in [-0.1, -0.05) is 23.7 Å². The van der Waals surface area contributed by atoms with Crippen molar-refractivity contribution in [3.8, 4) is 0 Å². The zero-order valence-corrected chi connectivity index (χ0v) is 7.65. The summed E-state index contributed by atoms with van der Waals surface area (Å²) < 4.78 is 4.09. The Hall–Kier alpha value is -1.68. The number of carbonyl (C=O) groups excluding carboxylic acids is 3. The summed E-state index contributed by atoms with van der Waals surface area (Å²) in [5.41, 5.74) is 0.162. The van der Waals surface area contributed by atoms with Gasteiger partial charge in [-0.3, -0.25) is 9.59 Å². The van der Waals surface area contributed by atoms with Crippen molar-refractivity contribution in [1.82, 2.24) is 0 Å². The molecule has 1 aromatic carbocycles. The van der Waals surface area contributed by atoms with Crippen LogP contribution in [-0.2, 0) is 9.53 Å². The highest BCUT2D eigenvalue weighted by Crippen LogP contribution is 2.20. The summed E-state index contributed by atoms with van der Waals surface area (Å²) in [6.45, 7) is 0.00620. The molecule has 0 saturated carbocycles. The maximum atomic E-state index is 11.1. The fraction of sp³-hybridized carbons (Fsp3) is 0. The lowest BCUT2D eigenvalue weighted by molar-refractivity contribution is -0.123. The zero-order valence-electron chi connectivity index (χ0n) is 6.90. The molecule has 0 amide bonds. The fourth-order valence-corrected chi connectivity index (χ4v) is 1.15. The number of benzene rings is 1. The van der Waals surface area contributed by atoms with Crippen LogP contribution in [-0.4, -0.2) is 18.7 Å². The van der Waals surface area contributed by atoms with Crippen LogP contribution in [0.5, 0.6) is 0 Å². The minimum atomic E-state index is -0.881. The molecule has 72 valence electrons. The lowest BCUT2D eigenvalue weighted by atomic mass is 10.1. The number of halogens is 1. The molecule has 0 fully saturated rings. The van der Waals surface area contributed by atoms with Gasteiger partial charge in [-0.2, -0.15) is 0 Å². The highest BCUT2D eigenvalue weighted by Gasteiger charge is 2.13. The van der Waals surface area contributed by atoms with Gasteiger partial charge in [0.1, 0.15) is 0 Å². The van der Waals surface area contributed by atoms with Crippen molar-refractivity contribution in [3.63, 3.8) is 0 Å². The highest BCUT2D eigenvalue weighted by molar-refractivity contribution is 6.35. The molecule has 0 atom stereocenters. The van der Waals surface area contributed by atoms with Crippen LogP contribution < -0.4 is 0 Å². The molecule has 0 heterocycles. The van der Waals surface area contributed by atoms with Gasteiger partial charge >= 0.3 is 12.4 Å². The summed E-state index contributed by atoms with van der Waals surface area (Å²) in [4.78, 5) is 31.4. The van der Waals surface area contributed by atoms with Gasteiger partial charge in [0.2, 0.25) is 0 Å². The van der Waals surface area contributed by atoms with Gasteiger partial charge < -0.3 is 4.74 Å². The summed E-state index contributed by atoms with van der Waals surface area (Å²) in [6, 6.07) is 4.28. The monoisotopic (exact) mass is 212 g/mol. The maximum Gasteiger partial charge on any atom is 0.347 e. The van der Waals surface area contributed by atoms with E-state index in [0.717, 1.165) is 0 Å². The van der Waals surface area contributed by atoms with Gasteiger partial charge in [0.25, 0.3) is 0 Å². The molecule has 4 nitrogen and oxygen atoms in total. The first-order valence-corrected chi connectivity index (χ1v) is 3.96. The van der Waals surface area contributed by atoms with Gasteiger partial charge in [-0.05, 0) is 6.07 Å². The molecule has 14 heavy (non-hydrogen) atoms. The smallest absolute Gasteiger partial charge is 0.347 e. The number of rotatable bonds is 3. The minimum absolute atomic E-state index is 0.00620. The summed E-state index contributed by atoms with van der Waals surface area (Å²) in [5, 5.41) is -0.0191. The molecule has 1 rings (SSSR count). The number of hydrogen-bond donors (Lipinski definition) is 0. The molecule has 0 radical (unpaired) electrons. The third-order valence-corrected chi connectivity index (χ3v) is 1.95. The minimum Gasteiger partial charge on any atom is -0.392 e. The average Bonchev–Trinajstić information content (AvgIpc) is 2.18. The third-order valence-electron chi connectivity index (χ3n) is 1.53. The Morgan fingerprint density at radius 2 is 2.07 bits per heavy atom. The third kappa shape index (κ3) is 1.97. The van der Waals surface area contributed by atoms with Crippen LogP contribution in [0.2, 0.25) is 5.02 Å². The van der Waals surface area contributed by atoms with Gasteiger partial charge in [-0.25, -0.2) is 4.79 Å². The first-order valence-electron chi connectivity index (χ1n) is 3.59. The Morgan fingerprint density at radius 1 is 1.36 bits per heavy atom. The molecule has 0 aromatic heterocycles. The standard InChI is InChI=1S/C9H5ClO4/c10-8-6(4-11)2-1-3-7(8)9(13)14-5-12/h1-5H. The second kappa shape index (κ2) is 4.53. The van der Waals surface area contributed by atoms with Gasteiger partial charge in [-0.15, -0.1) is 0 Å². The van der Waals surface area contributed by atoms with E-state index in [4.69, 9.17) is 11.6 Å². The molecule has 5 heteroatoms. The number of esters is 1. The predicted octanol–water partition coefficient (Wildman–Crippen LogP) is 1.47. The van der Waals surface area contributed by atoms with E-state index in [2.05, 4.69) is 4.74 Å². The summed E-state index contributed by atoms with van der Waals surface area (Å²) in [5.74, 6) is -0.881. The van der Waals surface area contributed by atoms with E-state index in [1.807, 2.05) is 0 Å². The van der Waals surface area contributed by atoms with Crippen LogP contribution >= 0.6 is 11.6 Å². The van der Waals surface area contributed by atoms with E-state index in [1.165, 1.54) is 18.2 Å². The summed E-state index contributed by atoms with van der Waals surface area (Å²) in [7, 11) is 0. The number of carbonyl (C=O) groups is 3. The molecule has 0 saturated heterocycles. The molecular formula is C9H5ClO4. The molecule has 0 aliphatic heterocycles. The molecule has 0 unspecified atom stereocenters. The fourth-order valence-electron chi connectivity index (χ4n) is 0.906. The van der Waals surface area contributed by atoms with E-state index in [0.29, 0.717) is 6.29 Å². The molecular weight excluding hydrogens is 208 g/mol. The molecule has 1 aromatic rings. The Morgan fingerprint density at radius 3 is 2.64 bits per heavy atom. The molecule has 0 aliphatic carbocycles. The maximum absolute atomic E-state index is 11.1. The van der Waals surface area contributed by atoms with Crippen molar-refractivity contribution < 1.29 is 19.1 Å². The highest BCUT2D eigenvalue weighted by atomic mass is 35.5. The summed E-state index contributed by atoms with van der Waals surface area (Å²) >= 11 is 5.69. The quantitative estimate of drug-likeness (QED) is 0.432. The van der Waals surface area contributed by atoms with Crippen LogP contribution in [0, 0.1) is 0 Å². The van der Waals surface area contributed by atoms with Gasteiger partial charge in [0, 0.05) is 5.56 Å². The molecule has 0 N–H and O–H groups in total. The Balaban J connectivity index is 3.15. The second-order valence-corrected chi connectivity index (χ2v) is 2.71. The SMILES string of the molecule is O=COC(=O)c1cccc(C=O)c1Cl. The Bertz CT molecular complexity index is 386.